The number of fused-ring (bicyclic) bond motifs is 4. The number of hydrogen-bond donors (Lipinski definition) is 0. The summed E-state index contributed by atoms with van der Waals surface area (Å²) in [4.78, 5) is 2.57. The first-order chi connectivity index (χ1) is 8.44. The average Bonchev–Trinajstić information content (AvgIpc) is 2.32. The number of likely N-dealkylation sites (tertiary alicyclic amines) is 1. The zero-order valence-electron chi connectivity index (χ0n) is 12.2. The standard InChI is InChI=1S/C17H25N/c1-16(2,3)17-9-10-18(4)14(12-17)11-13-7-5-6-8-15(13)17/h5-8,14H,9-12H2,1-4H3. The Kier molecular flexibility index (Phi) is 2.60. The van der Waals surface area contributed by atoms with E-state index >= 15 is 0 Å². The lowest BCUT2D eigenvalue weighted by Gasteiger charge is -2.56. The summed E-state index contributed by atoms with van der Waals surface area (Å²) >= 11 is 0. The molecule has 0 aromatic heterocycles. The molecule has 2 unspecified atom stereocenters. The van der Waals surface area contributed by atoms with Gasteiger partial charge in [0.25, 0.3) is 0 Å². The van der Waals surface area contributed by atoms with E-state index in [4.69, 9.17) is 0 Å². The van der Waals surface area contributed by atoms with Gasteiger partial charge in [-0.1, -0.05) is 45.0 Å². The molecule has 1 nitrogen and oxygen atoms in total. The van der Waals surface area contributed by atoms with Crippen molar-refractivity contribution < 1.29 is 0 Å². The van der Waals surface area contributed by atoms with Gasteiger partial charge in [-0.3, -0.25) is 0 Å². The molecule has 18 heavy (non-hydrogen) atoms. The molecule has 1 aliphatic carbocycles. The normalized spacial score (nSPS) is 32.1. The highest BCUT2D eigenvalue weighted by atomic mass is 15.1. The van der Waals surface area contributed by atoms with E-state index < -0.39 is 0 Å². The minimum atomic E-state index is 0.350. The van der Waals surface area contributed by atoms with Crippen molar-refractivity contribution in [3.63, 3.8) is 0 Å². The lowest BCUT2D eigenvalue weighted by atomic mass is 9.53. The smallest absolute Gasteiger partial charge is 0.0141 e. The Morgan fingerprint density at radius 1 is 1.22 bits per heavy atom. The van der Waals surface area contributed by atoms with Gasteiger partial charge in [0, 0.05) is 11.5 Å². The highest BCUT2D eigenvalue weighted by Crippen LogP contribution is 2.54. The van der Waals surface area contributed by atoms with E-state index in [0.29, 0.717) is 10.8 Å². The zero-order valence-corrected chi connectivity index (χ0v) is 12.2. The number of nitrogens with zero attached hydrogens (tertiary/aromatic N) is 1. The van der Waals surface area contributed by atoms with Crippen LogP contribution in [0.1, 0.15) is 44.7 Å². The second kappa shape index (κ2) is 3.84. The predicted octanol–water partition coefficient (Wildman–Crippen LogP) is 3.62. The van der Waals surface area contributed by atoms with Crippen molar-refractivity contribution in [2.75, 3.05) is 13.6 Å². The van der Waals surface area contributed by atoms with Crippen molar-refractivity contribution in [1.29, 1.82) is 0 Å². The molecule has 0 amide bonds. The maximum atomic E-state index is 2.57. The maximum Gasteiger partial charge on any atom is 0.0141 e. The molecule has 1 aliphatic heterocycles. The summed E-state index contributed by atoms with van der Waals surface area (Å²) in [6.07, 6.45) is 3.88. The van der Waals surface area contributed by atoms with Crippen LogP contribution >= 0.6 is 0 Å². The van der Waals surface area contributed by atoms with Crippen LogP contribution < -0.4 is 0 Å². The Labute approximate surface area is 111 Å². The van der Waals surface area contributed by atoms with Gasteiger partial charge in [-0.15, -0.1) is 0 Å². The molecule has 1 aromatic carbocycles. The number of hydrogen-bond acceptors (Lipinski definition) is 1. The Balaban J connectivity index is 2.17. The fraction of sp³-hybridized carbons (Fsp3) is 0.647. The summed E-state index contributed by atoms with van der Waals surface area (Å²) < 4.78 is 0. The quantitative estimate of drug-likeness (QED) is 0.672. The van der Waals surface area contributed by atoms with Crippen LogP contribution in [0, 0.1) is 5.41 Å². The molecule has 2 aliphatic rings. The van der Waals surface area contributed by atoms with Crippen LogP contribution in [0.4, 0.5) is 0 Å². The van der Waals surface area contributed by atoms with Gasteiger partial charge in [-0.05, 0) is 49.4 Å². The van der Waals surface area contributed by atoms with Crippen LogP contribution in [0.25, 0.3) is 0 Å². The van der Waals surface area contributed by atoms with E-state index in [1.54, 1.807) is 11.1 Å². The van der Waals surface area contributed by atoms with Gasteiger partial charge in [-0.25, -0.2) is 0 Å². The predicted molar refractivity (Wildman–Crippen MR) is 76.9 cm³/mol. The minimum Gasteiger partial charge on any atom is -0.303 e. The molecule has 1 heterocycles. The van der Waals surface area contributed by atoms with Gasteiger partial charge in [0.05, 0.1) is 0 Å². The molecule has 0 radical (unpaired) electrons. The minimum absolute atomic E-state index is 0.350. The first-order valence-electron chi connectivity index (χ1n) is 7.23. The summed E-state index contributed by atoms with van der Waals surface area (Å²) in [6, 6.07) is 9.91. The molecular formula is C17H25N. The Morgan fingerprint density at radius 3 is 2.67 bits per heavy atom. The molecule has 0 N–H and O–H groups in total. The number of benzene rings is 1. The van der Waals surface area contributed by atoms with Crippen molar-refractivity contribution >= 4 is 0 Å². The van der Waals surface area contributed by atoms with Crippen LogP contribution in [0.3, 0.4) is 0 Å². The molecule has 98 valence electrons. The molecule has 0 spiro atoms. The van der Waals surface area contributed by atoms with Gasteiger partial charge >= 0.3 is 0 Å². The molecule has 3 rings (SSSR count). The summed E-state index contributed by atoms with van der Waals surface area (Å²) in [5.74, 6) is 0. The van der Waals surface area contributed by atoms with Crippen LogP contribution in [0.15, 0.2) is 24.3 Å². The highest BCUT2D eigenvalue weighted by Gasteiger charge is 2.50. The molecule has 2 bridgehead atoms. The second-order valence-electron chi connectivity index (χ2n) is 7.28. The van der Waals surface area contributed by atoms with Crippen molar-refractivity contribution in [2.24, 2.45) is 5.41 Å². The van der Waals surface area contributed by atoms with Crippen LogP contribution in [-0.4, -0.2) is 24.5 Å². The van der Waals surface area contributed by atoms with Crippen molar-refractivity contribution in [3.8, 4) is 0 Å². The summed E-state index contributed by atoms with van der Waals surface area (Å²) in [5, 5.41) is 0. The van der Waals surface area contributed by atoms with Gasteiger partial charge in [0.1, 0.15) is 0 Å². The lowest BCUT2D eigenvalue weighted by Crippen LogP contribution is -2.56. The summed E-state index contributed by atoms with van der Waals surface area (Å²) in [7, 11) is 2.30. The van der Waals surface area contributed by atoms with E-state index in [1.807, 2.05) is 0 Å². The highest BCUT2D eigenvalue weighted by molar-refractivity contribution is 5.40. The molecule has 2 atom stereocenters. The first kappa shape index (κ1) is 12.2. The van der Waals surface area contributed by atoms with Crippen molar-refractivity contribution in [2.45, 2.75) is 51.5 Å². The van der Waals surface area contributed by atoms with Gasteiger partial charge < -0.3 is 4.90 Å². The van der Waals surface area contributed by atoms with E-state index in [1.165, 1.54) is 25.8 Å². The van der Waals surface area contributed by atoms with Gasteiger partial charge in [0.15, 0.2) is 0 Å². The molecule has 1 fully saturated rings. The van der Waals surface area contributed by atoms with Gasteiger partial charge in [-0.2, -0.15) is 0 Å². The molecular weight excluding hydrogens is 218 g/mol. The third-order valence-corrected chi connectivity index (χ3v) is 5.52. The van der Waals surface area contributed by atoms with Crippen LogP contribution in [0.2, 0.25) is 0 Å². The summed E-state index contributed by atoms with van der Waals surface area (Å²) in [6.45, 7) is 8.53. The SMILES string of the molecule is CN1CCC2(C(C)(C)C)CC1Cc1ccccc12. The van der Waals surface area contributed by atoms with Crippen LogP contribution in [-0.2, 0) is 11.8 Å². The average molecular weight is 243 g/mol. The Bertz CT molecular complexity index is 457. The summed E-state index contributed by atoms with van der Waals surface area (Å²) in [5.41, 5.74) is 3.97. The number of likely N-dealkylation sites (N-methyl/N-ethyl adjacent to an activating group) is 1. The maximum absolute atomic E-state index is 2.57. The van der Waals surface area contributed by atoms with E-state index in [2.05, 4.69) is 57.0 Å². The van der Waals surface area contributed by atoms with Crippen molar-refractivity contribution in [3.05, 3.63) is 35.4 Å². The topological polar surface area (TPSA) is 3.24 Å². The molecule has 1 saturated heterocycles. The molecule has 1 heteroatoms. The van der Waals surface area contributed by atoms with E-state index in [0.717, 1.165) is 6.04 Å². The third-order valence-electron chi connectivity index (χ3n) is 5.52. The third kappa shape index (κ3) is 1.56. The van der Waals surface area contributed by atoms with E-state index in [-0.39, 0.29) is 0 Å². The lowest BCUT2D eigenvalue weighted by molar-refractivity contribution is 0.0342. The van der Waals surface area contributed by atoms with Crippen molar-refractivity contribution in [1.82, 2.24) is 4.90 Å². The number of rotatable bonds is 0. The monoisotopic (exact) mass is 243 g/mol. The van der Waals surface area contributed by atoms with E-state index in [9.17, 15) is 0 Å². The second-order valence-corrected chi connectivity index (χ2v) is 7.28. The Hall–Kier alpha value is -0.820. The van der Waals surface area contributed by atoms with Crippen LogP contribution in [0.5, 0.6) is 0 Å². The fourth-order valence-electron chi connectivity index (χ4n) is 4.19. The zero-order chi connectivity index (χ0) is 13.0. The largest absolute Gasteiger partial charge is 0.303 e. The molecule has 0 saturated carbocycles. The fourth-order valence-corrected chi connectivity index (χ4v) is 4.19. The Morgan fingerprint density at radius 2 is 1.94 bits per heavy atom. The first-order valence-corrected chi connectivity index (χ1v) is 7.23. The molecule has 1 aromatic rings. The van der Waals surface area contributed by atoms with Gasteiger partial charge in [0.2, 0.25) is 0 Å². The number of piperidine rings is 1.